The lowest BCUT2D eigenvalue weighted by molar-refractivity contribution is 0.151. The van der Waals surface area contributed by atoms with E-state index in [1.165, 1.54) is 12.1 Å². The summed E-state index contributed by atoms with van der Waals surface area (Å²) in [5.41, 5.74) is 0.703. The maximum atomic E-state index is 12.5. The molecule has 0 aliphatic carbocycles. The number of hydrogen-bond donors (Lipinski definition) is 2. The van der Waals surface area contributed by atoms with Gasteiger partial charge >= 0.3 is 0 Å². The first kappa shape index (κ1) is 12.6. The van der Waals surface area contributed by atoms with E-state index >= 15 is 0 Å². The van der Waals surface area contributed by atoms with E-state index in [1.54, 1.807) is 6.07 Å². The van der Waals surface area contributed by atoms with Crippen molar-refractivity contribution in [1.82, 2.24) is 5.32 Å². The van der Waals surface area contributed by atoms with Crippen LogP contribution in [0.4, 0.5) is 14.5 Å². The van der Waals surface area contributed by atoms with Crippen LogP contribution in [0.3, 0.4) is 0 Å². The summed E-state index contributed by atoms with van der Waals surface area (Å²) in [7, 11) is 0. The number of piperidine rings is 1. The number of nitrogens with one attached hydrogen (secondary N) is 2. The number of hydrogen-bond acceptors (Lipinski definition) is 2. The molecule has 1 aromatic rings. The highest BCUT2D eigenvalue weighted by Crippen LogP contribution is 2.29. The van der Waals surface area contributed by atoms with Crippen molar-refractivity contribution in [3.05, 3.63) is 28.8 Å². The molecule has 2 N–H and O–H groups in total. The van der Waals surface area contributed by atoms with Gasteiger partial charge in [0.25, 0.3) is 6.43 Å². The van der Waals surface area contributed by atoms with Gasteiger partial charge in [-0.2, -0.15) is 0 Å². The van der Waals surface area contributed by atoms with Gasteiger partial charge in [0.2, 0.25) is 0 Å². The zero-order chi connectivity index (χ0) is 12.3. The molecule has 17 heavy (non-hydrogen) atoms. The molecule has 0 radical (unpaired) electrons. The van der Waals surface area contributed by atoms with Crippen molar-refractivity contribution in [3.8, 4) is 0 Å². The molecule has 0 aromatic heterocycles. The molecule has 0 spiro atoms. The fourth-order valence-electron chi connectivity index (χ4n) is 1.97. The largest absolute Gasteiger partial charge is 0.381 e. The molecule has 94 valence electrons. The molecule has 5 heteroatoms. The third kappa shape index (κ3) is 3.30. The lowest BCUT2D eigenvalue weighted by Crippen LogP contribution is -2.35. The third-order valence-electron chi connectivity index (χ3n) is 2.94. The highest BCUT2D eigenvalue weighted by Gasteiger charge is 2.15. The molecule has 1 fully saturated rings. The molecule has 0 saturated carbocycles. The Morgan fingerprint density at radius 2 is 2.00 bits per heavy atom. The van der Waals surface area contributed by atoms with Crippen LogP contribution >= 0.6 is 11.6 Å². The molecular formula is C12H15ClF2N2. The van der Waals surface area contributed by atoms with Gasteiger partial charge in [-0.25, -0.2) is 8.78 Å². The Labute approximate surface area is 104 Å². The van der Waals surface area contributed by atoms with Gasteiger partial charge in [-0.05, 0) is 38.1 Å². The molecule has 0 atom stereocenters. The molecule has 0 unspecified atom stereocenters. The zero-order valence-electron chi connectivity index (χ0n) is 9.35. The number of rotatable bonds is 3. The average molecular weight is 261 g/mol. The summed E-state index contributed by atoms with van der Waals surface area (Å²) in [5, 5.41) is 6.93. The van der Waals surface area contributed by atoms with E-state index in [1.807, 2.05) is 0 Å². The highest BCUT2D eigenvalue weighted by molar-refractivity contribution is 6.33. The van der Waals surface area contributed by atoms with Gasteiger partial charge in [0, 0.05) is 11.6 Å². The van der Waals surface area contributed by atoms with Crippen molar-refractivity contribution in [3.63, 3.8) is 0 Å². The summed E-state index contributed by atoms with van der Waals surface area (Å²) in [6.07, 6.45) is -0.430. The molecule has 2 nitrogen and oxygen atoms in total. The molecule has 1 aromatic carbocycles. The van der Waals surface area contributed by atoms with E-state index in [9.17, 15) is 8.78 Å². The van der Waals surface area contributed by atoms with Crippen LogP contribution in [-0.2, 0) is 0 Å². The average Bonchev–Trinajstić information content (AvgIpc) is 2.33. The highest BCUT2D eigenvalue weighted by atomic mass is 35.5. The predicted molar refractivity (Wildman–Crippen MR) is 65.9 cm³/mol. The monoisotopic (exact) mass is 260 g/mol. The lowest BCUT2D eigenvalue weighted by atomic mass is 10.1. The Hall–Kier alpha value is -0.870. The fourth-order valence-corrected chi connectivity index (χ4v) is 2.21. The Morgan fingerprint density at radius 1 is 1.29 bits per heavy atom. The molecule has 1 heterocycles. The van der Waals surface area contributed by atoms with E-state index in [0.717, 1.165) is 31.6 Å². The van der Waals surface area contributed by atoms with Crippen LogP contribution in [0.1, 0.15) is 24.8 Å². The van der Waals surface area contributed by atoms with Gasteiger partial charge < -0.3 is 10.6 Å². The van der Waals surface area contributed by atoms with Gasteiger partial charge in [0.05, 0.1) is 10.7 Å². The summed E-state index contributed by atoms with van der Waals surface area (Å²) in [6, 6.07) is 4.74. The lowest BCUT2D eigenvalue weighted by Gasteiger charge is -2.25. The number of halogens is 3. The minimum absolute atomic E-state index is 0.0362. The summed E-state index contributed by atoms with van der Waals surface area (Å²) in [4.78, 5) is 0. The minimum Gasteiger partial charge on any atom is -0.381 e. The molecule has 0 amide bonds. The number of anilines is 1. The van der Waals surface area contributed by atoms with E-state index in [0.29, 0.717) is 11.1 Å². The molecular weight excluding hydrogens is 246 g/mol. The first-order valence-corrected chi connectivity index (χ1v) is 6.09. The predicted octanol–water partition coefficient (Wildman–Crippen LogP) is 3.44. The van der Waals surface area contributed by atoms with E-state index in [2.05, 4.69) is 10.6 Å². The van der Waals surface area contributed by atoms with Crippen LogP contribution in [0.5, 0.6) is 0 Å². The van der Waals surface area contributed by atoms with Gasteiger partial charge in [0.15, 0.2) is 0 Å². The molecule has 2 rings (SSSR count). The molecule has 1 aliphatic heterocycles. The van der Waals surface area contributed by atoms with Crippen LogP contribution in [0.15, 0.2) is 18.2 Å². The normalized spacial score (nSPS) is 17.4. The van der Waals surface area contributed by atoms with Crippen molar-refractivity contribution in [2.24, 2.45) is 0 Å². The maximum absolute atomic E-state index is 12.5. The first-order chi connectivity index (χ1) is 8.16. The summed E-state index contributed by atoms with van der Waals surface area (Å²) in [6.45, 7) is 1.95. The van der Waals surface area contributed by atoms with Crippen molar-refractivity contribution in [1.29, 1.82) is 0 Å². The standard InChI is InChI=1S/C12H15ClF2N2/c13-10-7-8(12(14)15)1-2-11(10)17-9-3-5-16-6-4-9/h1-2,7,9,12,16-17H,3-6H2. The first-order valence-electron chi connectivity index (χ1n) is 5.71. The summed E-state index contributed by atoms with van der Waals surface area (Å²) in [5.74, 6) is 0. The van der Waals surface area contributed by atoms with E-state index in [4.69, 9.17) is 11.6 Å². The summed E-state index contributed by atoms with van der Waals surface area (Å²) >= 11 is 5.98. The zero-order valence-corrected chi connectivity index (χ0v) is 10.1. The van der Waals surface area contributed by atoms with Gasteiger partial charge in [-0.1, -0.05) is 17.7 Å². The second-order valence-corrected chi connectivity index (χ2v) is 4.62. The second kappa shape index (κ2) is 5.65. The smallest absolute Gasteiger partial charge is 0.263 e. The maximum Gasteiger partial charge on any atom is 0.263 e. The Kier molecular flexibility index (Phi) is 4.18. The van der Waals surface area contributed by atoms with Gasteiger partial charge in [-0.15, -0.1) is 0 Å². The Morgan fingerprint density at radius 3 is 2.59 bits per heavy atom. The van der Waals surface area contributed by atoms with Crippen molar-refractivity contribution < 1.29 is 8.78 Å². The second-order valence-electron chi connectivity index (χ2n) is 4.21. The van der Waals surface area contributed by atoms with Crippen molar-refractivity contribution in [2.75, 3.05) is 18.4 Å². The van der Waals surface area contributed by atoms with Crippen molar-refractivity contribution in [2.45, 2.75) is 25.3 Å². The SMILES string of the molecule is FC(F)c1ccc(NC2CCNCC2)c(Cl)c1. The molecule has 1 saturated heterocycles. The fraction of sp³-hybridized carbons (Fsp3) is 0.500. The van der Waals surface area contributed by atoms with Crippen LogP contribution in [0.25, 0.3) is 0 Å². The quantitative estimate of drug-likeness (QED) is 0.870. The number of benzene rings is 1. The molecule has 1 aliphatic rings. The van der Waals surface area contributed by atoms with Crippen LogP contribution in [0.2, 0.25) is 5.02 Å². The van der Waals surface area contributed by atoms with Gasteiger partial charge in [-0.3, -0.25) is 0 Å². The number of alkyl halides is 2. The van der Waals surface area contributed by atoms with E-state index < -0.39 is 6.43 Å². The minimum atomic E-state index is -2.47. The van der Waals surface area contributed by atoms with Crippen molar-refractivity contribution >= 4 is 17.3 Å². The van der Waals surface area contributed by atoms with Crippen LogP contribution in [0, 0.1) is 0 Å². The third-order valence-corrected chi connectivity index (χ3v) is 3.26. The topological polar surface area (TPSA) is 24.1 Å². The summed E-state index contributed by atoms with van der Waals surface area (Å²) < 4.78 is 24.9. The Balaban J connectivity index is 2.05. The van der Waals surface area contributed by atoms with Gasteiger partial charge in [0.1, 0.15) is 0 Å². The van der Waals surface area contributed by atoms with Crippen LogP contribution < -0.4 is 10.6 Å². The van der Waals surface area contributed by atoms with E-state index in [-0.39, 0.29) is 5.56 Å². The Bertz CT molecular complexity index is 379. The molecule has 0 bridgehead atoms. The van der Waals surface area contributed by atoms with Crippen LogP contribution in [-0.4, -0.2) is 19.1 Å².